The van der Waals surface area contributed by atoms with Gasteiger partial charge in [0.15, 0.2) is 0 Å². The quantitative estimate of drug-likeness (QED) is 0.475. The molecule has 5 rings (SSSR count). The normalized spacial score (nSPS) is 17.4. The van der Waals surface area contributed by atoms with E-state index in [2.05, 4.69) is 10.1 Å². The van der Waals surface area contributed by atoms with Crippen LogP contribution in [0.2, 0.25) is 0 Å². The highest BCUT2D eigenvalue weighted by Gasteiger charge is 2.35. The fourth-order valence-electron chi connectivity index (χ4n) is 4.96. The highest BCUT2D eigenvalue weighted by molar-refractivity contribution is 7.89. The number of aryl methyl sites for hydroxylation is 1. The number of carbonyl (C=O) groups excluding carboxylic acids is 1. The molecular formula is C25H30N4O5S. The van der Waals surface area contributed by atoms with Crippen LogP contribution in [-0.2, 0) is 16.6 Å². The first kappa shape index (κ1) is 23.7. The molecule has 3 heterocycles. The van der Waals surface area contributed by atoms with E-state index in [1.807, 2.05) is 0 Å². The van der Waals surface area contributed by atoms with Gasteiger partial charge < -0.3 is 13.8 Å². The molecule has 0 unspecified atom stereocenters. The Morgan fingerprint density at radius 3 is 2.60 bits per heavy atom. The van der Waals surface area contributed by atoms with E-state index >= 15 is 0 Å². The Labute approximate surface area is 205 Å². The lowest BCUT2D eigenvalue weighted by Gasteiger charge is -2.28. The zero-order chi connectivity index (χ0) is 24.4. The molecule has 2 fully saturated rings. The first-order chi connectivity index (χ1) is 16.9. The van der Waals surface area contributed by atoms with Crippen molar-refractivity contribution in [3.8, 4) is 11.4 Å². The molecule has 1 amide bonds. The van der Waals surface area contributed by atoms with Gasteiger partial charge in [0, 0.05) is 24.7 Å². The van der Waals surface area contributed by atoms with Gasteiger partial charge in [-0.25, -0.2) is 8.42 Å². The minimum absolute atomic E-state index is 0.0720. The number of carbonyl (C=O) groups is 1. The molecule has 1 aliphatic heterocycles. The van der Waals surface area contributed by atoms with E-state index in [9.17, 15) is 13.2 Å². The lowest BCUT2D eigenvalue weighted by molar-refractivity contribution is 0.0674. The molecule has 2 aliphatic rings. The summed E-state index contributed by atoms with van der Waals surface area (Å²) in [4.78, 5) is 18.9. The molecule has 1 aliphatic carbocycles. The summed E-state index contributed by atoms with van der Waals surface area (Å²) in [7, 11) is -3.84. The van der Waals surface area contributed by atoms with Crippen LogP contribution in [0.15, 0.2) is 50.4 Å². The summed E-state index contributed by atoms with van der Waals surface area (Å²) in [5.41, 5.74) is 1.12. The molecule has 3 aromatic rings. The van der Waals surface area contributed by atoms with Gasteiger partial charge in [-0.1, -0.05) is 30.1 Å². The number of benzene rings is 1. The maximum atomic E-state index is 13.9. The maximum Gasteiger partial charge on any atom is 0.316 e. The van der Waals surface area contributed by atoms with Crippen molar-refractivity contribution in [2.24, 2.45) is 0 Å². The third kappa shape index (κ3) is 4.90. The Balaban J connectivity index is 1.45. The van der Waals surface area contributed by atoms with E-state index < -0.39 is 10.0 Å². The first-order valence-electron chi connectivity index (χ1n) is 12.2. The van der Waals surface area contributed by atoms with Crippen molar-refractivity contribution < 1.29 is 22.2 Å². The lowest BCUT2D eigenvalue weighted by atomic mass is 10.1. The molecule has 0 spiro atoms. The van der Waals surface area contributed by atoms with Crippen molar-refractivity contribution in [2.45, 2.75) is 69.4 Å². The van der Waals surface area contributed by atoms with Gasteiger partial charge in [0.25, 0.3) is 0 Å². The summed E-state index contributed by atoms with van der Waals surface area (Å²) in [5, 5.41) is 3.98. The molecule has 0 atom stereocenters. The third-order valence-electron chi connectivity index (χ3n) is 6.91. The molecule has 2 aromatic heterocycles. The summed E-state index contributed by atoms with van der Waals surface area (Å²) in [6.07, 6.45) is 8.24. The molecule has 0 bridgehead atoms. The lowest BCUT2D eigenvalue weighted by Crippen LogP contribution is -2.38. The van der Waals surface area contributed by atoms with Crippen molar-refractivity contribution in [3.63, 3.8) is 0 Å². The fraction of sp³-hybridized carbons (Fsp3) is 0.480. The van der Waals surface area contributed by atoms with E-state index in [0.717, 1.165) is 44.9 Å². The zero-order valence-electron chi connectivity index (χ0n) is 19.9. The molecule has 1 aromatic carbocycles. The van der Waals surface area contributed by atoms with Gasteiger partial charge in [-0.3, -0.25) is 4.79 Å². The minimum Gasteiger partial charge on any atom is -0.468 e. The molecule has 0 radical (unpaired) electrons. The highest BCUT2D eigenvalue weighted by atomic mass is 32.2. The van der Waals surface area contributed by atoms with Crippen molar-refractivity contribution in [1.82, 2.24) is 19.3 Å². The van der Waals surface area contributed by atoms with Crippen LogP contribution in [0.5, 0.6) is 0 Å². The third-order valence-corrected chi connectivity index (χ3v) is 8.95. The molecule has 9 nitrogen and oxygen atoms in total. The second-order valence-electron chi connectivity index (χ2n) is 9.32. The van der Waals surface area contributed by atoms with Crippen molar-refractivity contribution in [3.05, 3.63) is 53.8 Å². The van der Waals surface area contributed by atoms with Gasteiger partial charge in [0.1, 0.15) is 5.76 Å². The molecule has 1 saturated carbocycles. The second kappa shape index (κ2) is 9.94. The van der Waals surface area contributed by atoms with E-state index in [-0.39, 0.29) is 35.1 Å². The van der Waals surface area contributed by atoms with Crippen LogP contribution in [-0.4, -0.2) is 52.8 Å². The molecule has 1 saturated heterocycles. The Hall–Kier alpha value is -2.98. The predicted molar refractivity (Wildman–Crippen MR) is 128 cm³/mol. The Morgan fingerprint density at radius 2 is 1.89 bits per heavy atom. The van der Waals surface area contributed by atoms with E-state index in [4.69, 9.17) is 8.94 Å². The number of likely N-dealkylation sites (tertiary alicyclic amines) is 1. The molecule has 35 heavy (non-hydrogen) atoms. The first-order valence-corrected chi connectivity index (χ1v) is 13.7. The van der Waals surface area contributed by atoms with E-state index in [1.54, 1.807) is 52.7 Å². The minimum atomic E-state index is -3.84. The number of sulfonamides is 1. The SMILES string of the molecule is Cc1ccc(-c2noc(C(=O)N3CCCCC3)n2)cc1S(=O)(=O)N(Cc1ccco1)C1CCCC1. The number of amides is 1. The zero-order valence-corrected chi connectivity index (χ0v) is 20.7. The Bertz CT molecular complexity index is 1270. The topological polar surface area (TPSA) is 110 Å². The van der Waals surface area contributed by atoms with Crippen molar-refractivity contribution >= 4 is 15.9 Å². The summed E-state index contributed by atoms with van der Waals surface area (Å²) in [6, 6.07) is 8.55. The van der Waals surface area contributed by atoms with Crippen LogP contribution < -0.4 is 0 Å². The van der Waals surface area contributed by atoms with Crippen LogP contribution in [0.25, 0.3) is 11.4 Å². The Morgan fingerprint density at radius 1 is 1.11 bits per heavy atom. The van der Waals surface area contributed by atoms with Gasteiger partial charge in [-0.2, -0.15) is 9.29 Å². The van der Waals surface area contributed by atoms with E-state index in [0.29, 0.717) is 30.0 Å². The van der Waals surface area contributed by atoms with Gasteiger partial charge in [0.2, 0.25) is 15.8 Å². The van der Waals surface area contributed by atoms with Gasteiger partial charge in [-0.15, -0.1) is 0 Å². The summed E-state index contributed by atoms with van der Waals surface area (Å²) >= 11 is 0. The van der Waals surface area contributed by atoms with Crippen LogP contribution in [0.4, 0.5) is 0 Å². The van der Waals surface area contributed by atoms with Gasteiger partial charge in [-0.05, 0) is 62.8 Å². The summed E-state index contributed by atoms with van der Waals surface area (Å²) < 4.78 is 40.2. The number of rotatable bonds is 7. The number of hydrogen-bond acceptors (Lipinski definition) is 7. The highest BCUT2D eigenvalue weighted by Crippen LogP contribution is 2.33. The number of hydrogen-bond donors (Lipinski definition) is 0. The van der Waals surface area contributed by atoms with Crippen LogP contribution in [0.3, 0.4) is 0 Å². The molecule has 186 valence electrons. The maximum absolute atomic E-state index is 13.9. The van der Waals surface area contributed by atoms with Crippen LogP contribution in [0.1, 0.15) is 67.0 Å². The summed E-state index contributed by atoms with van der Waals surface area (Å²) in [6.45, 7) is 3.31. The standard InChI is InChI=1S/C25H30N4O5S/c1-18-11-12-19(23-26-24(34-27-23)25(30)28-13-5-2-6-14-28)16-22(18)35(31,32)29(20-8-3-4-9-20)17-21-10-7-15-33-21/h7,10-12,15-16,20H,2-6,8-9,13-14,17H2,1H3. The Kier molecular flexibility index (Phi) is 6.75. The average Bonchev–Trinajstić information content (AvgIpc) is 3.66. The number of piperidine rings is 1. The van der Waals surface area contributed by atoms with Crippen LogP contribution in [0, 0.1) is 6.92 Å². The van der Waals surface area contributed by atoms with Gasteiger partial charge in [0.05, 0.1) is 17.7 Å². The number of nitrogens with zero attached hydrogens (tertiary/aromatic N) is 4. The molecule has 10 heteroatoms. The van der Waals surface area contributed by atoms with Crippen molar-refractivity contribution in [1.29, 1.82) is 0 Å². The second-order valence-corrected chi connectivity index (χ2v) is 11.2. The van der Waals surface area contributed by atoms with Gasteiger partial charge >= 0.3 is 11.8 Å². The van der Waals surface area contributed by atoms with Crippen molar-refractivity contribution in [2.75, 3.05) is 13.1 Å². The summed E-state index contributed by atoms with van der Waals surface area (Å²) in [5.74, 6) is 0.445. The predicted octanol–water partition coefficient (Wildman–Crippen LogP) is 4.40. The van der Waals surface area contributed by atoms with Crippen LogP contribution >= 0.6 is 0 Å². The molecular weight excluding hydrogens is 468 g/mol. The average molecular weight is 499 g/mol. The molecule has 0 N–H and O–H groups in total. The number of aromatic nitrogens is 2. The largest absolute Gasteiger partial charge is 0.468 e. The monoisotopic (exact) mass is 498 g/mol. The smallest absolute Gasteiger partial charge is 0.316 e. The fourth-order valence-corrected chi connectivity index (χ4v) is 6.87. The van der Waals surface area contributed by atoms with E-state index in [1.165, 1.54) is 0 Å². The number of furan rings is 1.